The van der Waals surface area contributed by atoms with Crippen LogP contribution >= 0.6 is 12.2 Å². The van der Waals surface area contributed by atoms with E-state index in [1.807, 2.05) is 30.5 Å². The van der Waals surface area contributed by atoms with Crippen molar-refractivity contribution in [2.24, 2.45) is 11.8 Å². The highest BCUT2D eigenvalue weighted by molar-refractivity contribution is 7.80. The minimum absolute atomic E-state index is 0.0774. The number of thiocarbonyl (C=S) groups is 1. The molecule has 0 aliphatic carbocycles. The lowest BCUT2D eigenvalue weighted by atomic mass is 9.87. The molecule has 2 rings (SSSR count). The molecule has 0 saturated heterocycles. The second-order valence-electron chi connectivity index (χ2n) is 8.24. The molecule has 0 N–H and O–H groups in total. The molecule has 1 heterocycles. The van der Waals surface area contributed by atoms with Gasteiger partial charge in [-0.25, -0.2) is 0 Å². The Hall–Kier alpha value is -2.73. The summed E-state index contributed by atoms with van der Waals surface area (Å²) >= 11 is 5.64. The third-order valence-corrected chi connectivity index (χ3v) is 5.39. The fraction of sp³-hybridized carbons (Fsp3) is 0.423. The summed E-state index contributed by atoms with van der Waals surface area (Å²) in [6, 6.07) is 7.59. The molecule has 0 amide bonds. The van der Waals surface area contributed by atoms with E-state index in [1.54, 1.807) is 39.7 Å². The number of benzene rings is 1. The lowest BCUT2D eigenvalue weighted by Gasteiger charge is -2.18. The van der Waals surface area contributed by atoms with Crippen LogP contribution in [0, 0.1) is 11.8 Å². The molecular weight excluding hydrogens is 422 g/mol. The minimum atomic E-state index is 0.0774. The number of allylic oxidation sites excluding steroid dienone is 1. The molecule has 0 radical (unpaired) electrons. The molecule has 1 aromatic heterocycles. The zero-order chi connectivity index (χ0) is 23.5. The van der Waals surface area contributed by atoms with Gasteiger partial charge in [0.15, 0.2) is 17.3 Å². The maximum atomic E-state index is 12.8. The van der Waals surface area contributed by atoms with Crippen LogP contribution in [0.1, 0.15) is 44.2 Å². The summed E-state index contributed by atoms with van der Waals surface area (Å²) in [7, 11) is 4.70. The number of ether oxygens (including phenoxy) is 3. The number of carbonyl (C=O) groups is 1. The smallest absolute Gasteiger partial charge is 0.203 e. The largest absolute Gasteiger partial charge is 0.493 e. The highest BCUT2D eigenvalue weighted by Crippen LogP contribution is 2.38. The normalized spacial score (nSPS) is 12.1. The van der Waals surface area contributed by atoms with Gasteiger partial charge in [-0.05, 0) is 64.9 Å². The molecule has 0 fully saturated rings. The van der Waals surface area contributed by atoms with Crippen LogP contribution in [-0.2, 0) is 11.2 Å². The summed E-state index contributed by atoms with van der Waals surface area (Å²) in [6.45, 7) is 4.35. The Balaban J connectivity index is 2.06. The van der Waals surface area contributed by atoms with Crippen LogP contribution in [-0.4, -0.2) is 37.0 Å². The SMILES string of the molecule is COc1cc(/C=C/C(=O)CC(CC(=S)Cc2cccnc2)CC(C)C)cc(OC)c1OC. The summed E-state index contributed by atoms with van der Waals surface area (Å²) in [4.78, 5) is 17.9. The van der Waals surface area contributed by atoms with Crippen LogP contribution in [0.5, 0.6) is 17.2 Å². The molecule has 0 spiro atoms. The van der Waals surface area contributed by atoms with Crippen LogP contribution in [0.4, 0.5) is 0 Å². The first-order valence-corrected chi connectivity index (χ1v) is 11.2. The topological polar surface area (TPSA) is 57.7 Å². The summed E-state index contributed by atoms with van der Waals surface area (Å²) in [5.41, 5.74) is 1.91. The first-order valence-electron chi connectivity index (χ1n) is 10.8. The molecule has 5 nitrogen and oxygen atoms in total. The average molecular weight is 456 g/mol. The second-order valence-corrected chi connectivity index (χ2v) is 8.82. The molecule has 0 saturated carbocycles. The number of hydrogen-bond donors (Lipinski definition) is 0. The monoisotopic (exact) mass is 455 g/mol. The highest BCUT2D eigenvalue weighted by Gasteiger charge is 2.17. The summed E-state index contributed by atoms with van der Waals surface area (Å²) in [5.74, 6) is 2.42. The van der Waals surface area contributed by atoms with Crippen LogP contribution in [0.15, 0.2) is 42.7 Å². The molecule has 2 aromatic rings. The number of methoxy groups -OCH3 is 3. The van der Waals surface area contributed by atoms with E-state index in [2.05, 4.69) is 18.8 Å². The molecule has 32 heavy (non-hydrogen) atoms. The van der Waals surface area contributed by atoms with Gasteiger partial charge in [0.05, 0.1) is 21.3 Å². The lowest BCUT2D eigenvalue weighted by molar-refractivity contribution is -0.115. The molecule has 1 atom stereocenters. The standard InChI is InChI=1S/C26H33NO4S/c1-18(2)11-21(14-23(32)13-20-7-6-10-27-17-20)12-22(28)9-8-19-15-24(29-3)26(31-5)25(16-19)30-4/h6-10,15-18,21H,11-14H2,1-5H3/b9-8+. The summed E-state index contributed by atoms with van der Waals surface area (Å²) in [5, 5.41) is 0. The molecule has 0 aliphatic rings. The Morgan fingerprint density at radius 1 is 1.09 bits per heavy atom. The van der Waals surface area contributed by atoms with Crippen LogP contribution in [0.3, 0.4) is 0 Å². The zero-order valence-corrected chi connectivity index (χ0v) is 20.4. The van der Waals surface area contributed by atoms with Gasteiger partial charge in [-0.15, -0.1) is 0 Å². The molecule has 0 aliphatic heterocycles. The van der Waals surface area contributed by atoms with Crippen molar-refractivity contribution in [1.29, 1.82) is 0 Å². The maximum Gasteiger partial charge on any atom is 0.203 e. The fourth-order valence-corrected chi connectivity index (χ4v) is 4.17. The Morgan fingerprint density at radius 2 is 1.78 bits per heavy atom. The van der Waals surface area contributed by atoms with Crippen molar-refractivity contribution >= 4 is 28.9 Å². The number of carbonyl (C=O) groups excluding carboxylic acids is 1. The zero-order valence-electron chi connectivity index (χ0n) is 19.6. The molecular formula is C26H33NO4S. The molecule has 1 aromatic carbocycles. The molecule has 6 heteroatoms. The summed E-state index contributed by atoms with van der Waals surface area (Å²) in [6.07, 6.45) is 9.90. The van der Waals surface area contributed by atoms with Gasteiger partial charge in [0, 0.05) is 25.2 Å². The maximum absolute atomic E-state index is 12.8. The van der Waals surface area contributed by atoms with E-state index in [0.29, 0.717) is 36.0 Å². The van der Waals surface area contributed by atoms with Crippen molar-refractivity contribution in [3.05, 3.63) is 53.9 Å². The van der Waals surface area contributed by atoms with Crippen LogP contribution in [0.2, 0.25) is 0 Å². The van der Waals surface area contributed by atoms with Gasteiger partial charge < -0.3 is 14.2 Å². The van der Waals surface area contributed by atoms with Gasteiger partial charge in [-0.1, -0.05) is 38.2 Å². The van der Waals surface area contributed by atoms with Crippen molar-refractivity contribution in [1.82, 2.24) is 4.98 Å². The van der Waals surface area contributed by atoms with Crippen molar-refractivity contribution < 1.29 is 19.0 Å². The third kappa shape index (κ3) is 8.08. The third-order valence-electron chi connectivity index (χ3n) is 5.08. The van der Waals surface area contributed by atoms with Gasteiger partial charge in [-0.3, -0.25) is 9.78 Å². The lowest BCUT2D eigenvalue weighted by Crippen LogP contribution is -2.15. The quantitative estimate of drug-likeness (QED) is 0.283. The van der Waals surface area contributed by atoms with E-state index in [1.165, 1.54) is 0 Å². The van der Waals surface area contributed by atoms with Crippen LogP contribution in [0.25, 0.3) is 6.08 Å². The predicted octanol–water partition coefficient (Wildman–Crippen LogP) is 5.74. The van der Waals surface area contributed by atoms with E-state index in [-0.39, 0.29) is 11.7 Å². The van der Waals surface area contributed by atoms with Crippen molar-refractivity contribution in [2.75, 3.05) is 21.3 Å². The Kier molecular flexibility index (Phi) is 10.3. The van der Waals surface area contributed by atoms with E-state index < -0.39 is 0 Å². The average Bonchev–Trinajstić information content (AvgIpc) is 2.76. The number of ketones is 1. The fourth-order valence-electron chi connectivity index (χ4n) is 3.77. The van der Waals surface area contributed by atoms with Gasteiger partial charge >= 0.3 is 0 Å². The number of nitrogens with zero attached hydrogens (tertiary/aromatic N) is 1. The Labute approximate surface area is 196 Å². The molecule has 0 bridgehead atoms. The first kappa shape index (κ1) is 25.5. The summed E-state index contributed by atoms with van der Waals surface area (Å²) < 4.78 is 16.1. The van der Waals surface area contributed by atoms with Gasteiger partial charge in [0.1, 0.15) is 0 Å². The van der Waals surface area contributed by atoms with Crippen molar-refractivity contribution in [2.45, 2.75) is 39.5 Å². The van der Waals surface area contributed by atoms with E-state index in [4.69, 9.17) is 26.4 Å². The van der Waals surface area contributed by atoms with Gasteiger partial charge in [0.25, 0.3) is 0 Å². The first-order chi connectivity index (χ1) is 15.4. The highest BCUT2D eigenvalue weighted by atomic mass is 32.1. The van der Waals surface area contributed by atoms with E-state index in [0.717, 1.165) is 28.8 Å². The molecule has 172 valence electrons. The van der Waals surface area contributed by atoms with Gasteiger partial charge in [0.2, 0.25) is 5.75 Å². The Morgan fingerprint density at radius 3 is 2.31 bits per heavy atom. The van der Waals surface area contributed by atoms with Crippen molar-refractivity contribution in [3.8, 4) is 17.2 Å². The number of aromatic nitrogens is 1. The van der Waals surface area contributed by atoms with Crippen molar-refractivity contribution in [3.63, 3.8) is 0 Å². The van der Waals surface area contributed by atoms with Gasteiger partial charge in [-0.2, -0.15) is 0 Å². The predicted molar refractivity (Wildman–Crippen MR) is 133 cm³/mol. The number of pyridine rings is 1. The second kappa shape index (κ2) is 13.0. The number of hydrogen-bond acceptors (Lipinski definition) is 6. The Bertz CT molecular complexity index is 900. The number of rotatable bonds is 13. The molecule has 1 unspecified atom stereocenters. The van der Waals surface area contributed by atoms with E-state index >= 15 is 0 Å². The van der Waals surface area contributed by atoms with E-state index in [9.17, 15) is 4.79 Å². The minimum Gasteiger partial charge on any atom is -0.493 e. The van der Waals surface area contributed by atoms with Crippen LogP contribution < -0.4 is 14.2 Å².